The van der Waals surface area contributed by atoms with Crippen LogP contribution in [0.15, 0.2) is 0 Å². The van der Waals surface area contributed by atoms with Crippen molar-refractivity contribution >= 4 is 9.84 Å². The van der Waals surface area contributed by atoms with Gasteiger partial charge >= 0.3 is 0 Å². The van der Waals surface area contributed by atoms with Crippen LogP contribution in [0.3, 0.4) is 0 Å². The Morgan fingerprint density at radius 1 is 0.870 bits per heavy atom. The molecule has 0 N–H and O–H groups in total. The van der Waals surface area contributed by atoms with E-state index < -0.39 is 14.6 Å². The van der Waals surface area contributed by atoms with Gasteiger partial charge in [0.1, 0.15) is 0 Å². The second-order valence-electron chi connectivity index (χ2n) is 8.47. The molecule has 2 nitrogen and oxygen atoms in total. The summed E-state index contributed by atoms with van der Waals surface area (Å²) < 4.78 is 24.2. The summed E-state index contributed by atoms with van der Waals surface area (Å²) in [6.07, 6.45) is 15.3. The van der Waals surface area contributed by atoms with Crippen molar-refractivity contribution in [2.75, 3.05) is 5.75 Å². The third kappa shape index (κ3) is 4.74. The minimum absolute atomic E-state index is 0.303. The Morgan fingerprint density at radius 2 is 1.43 bits per heavy atom. The molecular formula is C20H38O2S. The largest absolute Gasteiger partial charge is 0.228 e. The highest BCUT2D eigenvalue weighted by Gasteiger charge is 2.42. The lowest BCUT2D eigenvalue weighted by atomic mass is 9.68. The molecule has 0 heterocycles. The summed E-state index contributed by atoms with van der Waals surface area (Å²) >= 11 is 0. The van der Waals surface area contributed by atoms with Crippen LogP contribution in [0.5, 0.6) is 0 Å². The van der Waals surface area contributed by atoms with E-state index >= 15 is 0 Å². The van der Waals surface area contributed by atoms with Crippen molar-refractivity contribution in [1.29, 1.82) is 0 Å². The van der Waals surface area contributed by atoms with Crippen LogP contribution in [0.1, 0.15) is 97.8 Å². The van der Waals surface area contributed by atoms with Gasteiger partial charge in [0.15, 0.2) is 9.84 Å². The van der Waals surface area contributed by atoms with Crippen molar-refractivity contribution in [3.63, 3.8) is 0 Å². The smallest absolute Gasteiger partial charge is 0.155 e. The molecule has 0 unspecified atom stereocenters. The Hall–Kier alpha value is -0.0500. The van der Waals surface area contributed by atoms with Crippen molar-refractivity contribution in [2.45, 2.75) is 103 Å². The van der Waals surface area contributed by atoms with Crippen LogP contribution in [0, 0.1) is 17.8 Å². The van der Waals surface area contributed by atoms with E-state index in [1.165, 1.54) is 51.4 Å². The number of hydrogen-bond donors (Lipinski definition) is 0. The van der Waals surface area contributed by atoms with Gasteiger partial charge in [0, 0.05) is 5.75 Å². The second-order valence-corrected chi connectivity index (χ2v) is 11.3. The second kappa shape index (κ2) is 8.36. The predicted octanol–water partition coefficient (Wildman–Crippen LogP) is 5.76. The molecule has 3 heteroatoms. The average molecular weight is 343 g/mol. The van der Waals surface area contributed by atoms with E-state index in [1.54, 1.807) is 6.92 Å². The third-order valence-electron chi connectivity index (χ3n) is 6.99. The monoisotopic (exact) mass is 342 g/mol. The maximum Gasteiger partial charge on any atom is 0.155 e. The standard InChI is InChI=1S/C20H38O2S/c1-4-6-7-8-17-9-11-18(12-10-17)19-13-15-20(3,16-14-19)23(21,22)5-2/h17-19H,4-16H2,1-3H3. The molecule has 0 spiro atoms. The zero-order valence-corrected chi connectivity index (χ0v) is 16.5. The summed E-state index contributed by atoms with van der Waals surface area (Å²) in [7, 11) is -2.90. The fraction of sp³-hybridized carbons (Fsp3) is 1.00. The fourth-order valence-corrected chi connectivity index (χ4v) is 6.57. The van der Waals surface area contributed by atoms with Crippen molar-refractivity contribution in [2.24, 2.45) is 17.8 Å². The van der Waals surface area contributed by atoms with Crippen LogP contribution in [0.25, 0.3) is 0 Å². The lowest BCUT2D eigenvalue weighted by molar-refractivity contribution is 0.151. The Morgan fingerprint density at radius 3 is 1.96 bits per heavy atom. The van der Waals surface area contributed by atoms with Gasteiger partial charge in [-0.25, -0.2) is 8.42 Å². The Balaban J connectivity index is 1.77. The zero-order valence-electron chi connectivity index (χ0n) is 15.6. The topological polar surface area (TPSA) is 34.1 Å². The van der Waals surface area contributed by atoms with E-state index in [2.05, 4.69) is 6.92 Å². The SMILES string of the molecule is CCCCCC1CCC(C2CCC(C)(S(=O)(=O)CC)CC2)CC1. The molecule has 0 aliphatic heterocycles. The van der Waals surface area contributed by atoms with Gasteiger partial charge in [-0.15, -0.1) is 0 Å². The van der Waals surface area contributed by atoms with Gasteiger partial charge in [-0.1, -0.05) is 52.4 Å². The first-order valence-corrected chi connectivity index (χ1v) is 11.8. The molecule has 2 fully saturated rings. The molecule has 2 rings (SSSR count). The molecule has 0 atom stereocenters. The van der Waals surface area contributed by atoms with Gasteiger partial charge in [0.05, 0.1) is 4.75 Å². The molecule has 0 bridgehead atoms. The van der Waals surface area contributed by atoms with E-state index in [-0.39, 0.29) is 0 Å². The first-order chi connectivity index (χ1) is 10.9. The molecule has 23 heavy (non-hydrogen) atoms. The number of rotatable bonds is 7. The number of hydrogen-bond acceptors (Lipinski definition) is 2. The molecule has 0 amide bonds. The minimum atomic E-state index is -2.90. The lowest BCUT2D eigenvalue weighted by Gasteiger charge is -2.41. The molecule has 0 aromatic carbocycles. The van der Waals surface area contributed by atoms with Crippen LogP contribution >= 0.6 is 0 Å². The van der Waals surface area contributed by atoms with Crippen LogP contribution in [-0.4, -0.2) is 18.9 Å². The Bertz CT molecular complexity index is 438. The van der Waals surface area contributed by atoms with Crippen molar-refractivity contribution < 1.29 is 8.42 Å². The Labute approximate surface area is 144 Å². The average Bonchev–Trinajstić information content (AvgIpc) is 2.56. The minimum Gasteiger partial charge on any atom is -0.228 e. The van der Waals surface area contributed by atoms with E-state index in [0.717, 1.165) is 43.4 Å². The maximum atomic E-state index is 12.3. The zero-order chi connectivity index (χ0) is 16.9. The summed E-state index contributed by atoms with van der Waals surface area (Å²) in [5.74, 6) is 2.96. The molecule has 2 aliphatic rings. The van der Waals surface area contributed by atoms with E-state index in [1.807, 2.05) is 6.92 Å². The highest BCUT2D eigenvalue weighted by molar-refractivity contribution is 7.92. The first kappa shape index (κ1) is 19.3. The van der Waals surface area contributed by atoms with Gasteiger partial charge in [-0.05, 0) is 63.2 Å². The van der Waals surface area contributed by atoms with Gasteiger partial charge in [0.2, 0.25) is 0 Å². The molecule has 2 aliphatic carbocycles. The molecule has 136 valence electrons. The third-order valence-corrected chi connectivity index (χ3v) is 9.66. The Kier molecular flexibility index (Phi) is 7.01. The van der Waals surface area contributed by atoms with Crippen LogP contribution in [0.2, 0.25) is 0 Å². The van der Waals surface area contributed by atoms with Crippen LogP contribution in [0.4, 0.5) is 0 Å². The number of unbranched alkanes of at least 4 members (excludes halogenated alkanes) is 2. The maximum absolute atomic E-state index is 12.3. The summed E-state index contributed by atoms with van der Waals surface area (Å²) in [5, 5.41) is 0. The molecular weight excluding hydrogens is 304 g/mol. The van der Waals surface area contributed by atoms with Gasteiger partial charge in [-0.3, -0.25) is 0 Å². The summed E-state index contributed by atoms with van der Waals surface area (Å²) in [6.45, 7) is 6.08. The van der Waals surface area contributed by atoms with Gasteiger partial charge in [0.25, 0.3) is 0 Å². The van der Waals surface area contributed by atoms with Crippen LogP contribution in [-0.2, 0) is 9.84 Å². The van der Waals surface area contributed by atoms with Gasteiger partial charge in [-0.2, -0.15) is 0 Å². The molecule has 0 radical (unpaired) electrons. The highest BCUT2D eigenvalue weighted by Crippen LogP contribution is 2.45. The van der Waals surface area contributed by atoms with Crippen molar-refractivity contribution in [3.8, 4) is 0 Å². The summed E-state index contributed by atoms with van der Waals surface area (Å²) in [5.41, 5.74) is 0. The van der Waals surface area contributed by atoms with E-state index in [4.69, 9.17) is 0 Å². The summed E-state index contributed by atoms with van der Waals surface area (Å²) in [6, 6.07) is 0. The predicted molar refractivity (Wildman–Crippen MR) is 99.4 cm³/mol. The first-order valence-electron chi connectivity index (χ1n) is 10.1. The van der Waals surface area contributed by atoms with E-state index in [0.29, 0.717) is 5.75 Å². The lowest BCUT2D eigenvalue weighted by Crippen LogP contribution is -2.41. The van der Waals surface area contributed by atoms with E-state index in [9.17, 15) is 8.42 Å². The van der Waals surface area contributed by atoms with Crippen LogP contribution < -0.4 is 0 Å². The molecule has 0 aromatic rings. The fourth-order valence-electron chi connectivity index (χ4n) is 5.01. The highest BCUT2D eigenvalue weighted by atomic mass is 32.2. The van der Waals surface area contributed by atoms with Crippen molar-refractivity contribution in [3.05, 3.63) is 0 Å². The summed E-state index contributed by atoms with van der Waals surface area (Å²) in [4.78, 5) is 0. The number of sulfone groups is 1. The normalized spacial score (nSPS) is 36.0. The quantitative estimate of drug-likeness (QED) is 0.551. The molecule has 2 saturated carbocycles. The van der Waals surface area contributed by atoms with Gasteiger partial charge < -0.3 is 0 Å². The molecule has 0 saturated heterocycles. The van der Waals surface area contributed by atoms with Crippen molar-refractivity contribution in [1.82, 2.24) is 0 Å². The molecule has 0 aromatic heterocycles.